The average molecular weight is 266 g/mol. The van der Waals surface area contributed by atoms with Crippen LogP contribution >= 0.6 is 0 Å². The second kappa shape index (κ2) is 5.65. The van der Waals surface area contributed by atoms with E-state index in [1.807, 2.05) is 26.0 Å². The number of carbonyl (C=O) groups is 1. The largest absolute Gasteiger partial charge is 0.464 e. The molecular weight excluding hydrogens is 244 g/mol. The first kappa shape index (κ1) is 13.9. The van der Waals surface area contributed by atoms with Crippen LogP contribution in [0.5, 0.6) is 0 Å². The van der Waals surface area contributed by atoms with E-state index in [-0.39, 0.29) is 18.7 Å². The lowest BCUT2D eigenvalue weighted by atomic mass is 9.99. The molecule has 1 aliphatic rings. The molecule has 1 heterocycles. The van der Waals surface area contributed by atoms with Gasteiger partial charge in [-0.15, -0.1) is 0 Å². The highest BCUT2D eigenvalue weighted by atomic mass is 16.3. The Labute approximate surface area is 113 Å². The summed E-state index contributed by atoms with van der Waals surface area (Å²) in [6, 6.07) is 3.29. The summed E-state index contributed by atoms with van der Waals surface area (Å²) in [5, 5.41) is 15.2. The van der Waals surface area contributed by atoms with Gasteiger partial charge in [-0.25, -0.2) is 4.79 Å². The molecule has 2 rings (SSSR count). The van der Waals surface area contributed by atoms with Gasteiger partial charge in [0.1, 0.15) is 11.5 Å². The van der Waals surface area contributed by atoms with Gasteiger partial charge in [0.05, 0.1) is 18.2 Å². The maximum atomic E-state index is 12.0. The van der Waals surface area contributed by atoms with Gasteiger partial charge in [0.15, 0.2) is 0 Å². The highest BCUT2D eigenvalue weighted by Gasteiger charge is 2.34. The van der Waals surface area contributed by atoms with Gasteiger partial charge in [-0.2, -0.15) is 0 Å². The SMILES string of the molecule is Cc1ccc(C(C)NC(=O)NC2(CO)CCCC2)o1. The molecular formula is C14H22N2O3. The first-order chi connectivity index (χ1) is 9.04. The number of furan rings is 1. The van der Waals surface area contributed by atoms with Crippen LogP contribution in [0.1, 0.15) is 50.2 Å². The second-order valence-corrected chi connectivity index (χ2v) is 5.41. The van der Waals surface area contributed by atoms with Gasteiger partial charge in [0.2, 0.25) is 0 Å². The fourth-order valence-electron chi connectivity index (χ4n) is 2.61. The molecule has 1 atom stereocenters. The first-order valence-corrected chi connectivity index (χ1v) is 6.80. The summed E-state index contributed by atoms with van der Waals surface area (Å²) in [6.45, 7) is 3.74. The lowest BCUT2D eigenvalue weighted by Gasteiger charge is -2.28. The van der Waals surface area contributed by atoms with Gasteiger partial charge < -0.3 is 20.2 Å². The number of amides is 2. The van der Waals surface area contributed by atoms with Crippen molar-refractivity contribution in [2.45, 2.75) is 51.1 Å². The number of nitrogens with one attached hydrogen (secondary N) is 2. The summed E-state index contributed by atoms with van der Waals surface area (Å²) in [5.74, 6) is 1.56. The Morgan fingerprint density at radius 2 is 2.16 bits per heavy atom. The molecule has 1 saturated carbocycles. The zero-order valence-electron chi connectivity index (χ0n) is 11.5. The van der Waals surface area contributed by atoms with Gasteiger partial charge in [0, 0.05) is 0 Å². The van der Waals surface area contributed by atoms with Gasteiger partial charge in [-0.3, -0.25) is 0 Å². The van der Waals surface area contributed by atoms with Crippen LogP contribution in [0.2, 0.25) is 0 Å². The maximum absolute atomic E-state index is 12.0. The third-order valence-electron chi connectivity index (χ3n) is 3.78. The molecule has 0 spiro atoms. The number of hydrogen-bond acceptors (Lipinski definition) is 3. The molecule has 2 amide bonds. The Balaban J connectivity index is 1.90. The minimum Gasteiger partial charge on any atom is -0.464 e. The van der Waals surface area contributed by atoms with E-state index >= 15 is 0 Å². The van der Waals surface area contributed by atoms with Crippen LogP contribution in [0.4, 0.5) is 4.79 Å². The molecule has 1 aliphatic carbocycles. The molecule has 0 aromatic carbocycles. The molecule has 0 aliphatic heterocycles. The van der Waals surface area contributed by atoms with Crippen molar-refractivity contribution in [2.24, 2.45) is 0 Å². The van der Waals surface area contributed by atoms with Gasteiger partial charge >= 0.3 is 6.03 Å². The van der Waals surface area contributed by atoms with Crippen LogP contribution in [-0.2, 0) is 0 Å². The number of hydrogen-bond donors (Lipinski definition) is 3. The molecule has 1 aromatic rings. The molecule has 5 nitrogen and oxygen atoms in total. The summed E-state index contributed by atoms with van der Waals surface area (Å²) in [6.07, 6.45) is 3.78. The van der Waals surface area contributed by atoms with E-state index in [1.54, 1.807) is 0 Å². The van der Waals surface area contributed by atoms with Gasteiger partial charge in [-0.1, -0.05) is 12.8 Å². The Hall–Kier alpha value is -1.49. The monoisotopic (exact) mass is 266 g/mol. The fraction of sp³-hybridized carbons (Fsp3) is 0.643. The van der Waals surface area contributed by atoms with E-state index < -0.39 is 5.54 Å². The minimum absolute atomic E-state index is 0.00530. The van der Waals surface area contributed by atoms with Crippen LogP contribution < -0.4 is 10.6 Å². The number of aliphatic hydroxyl groups is 1. The summed E-state index contributed by atoms with van der Waals surface area (Å²) in [4.78, 5) is 12.0. The zero-order valence-corrected chi connectivity index (χ0v) is 11.5. The van der Waals surface area contributed by atoms with Crippen molar-refractivity contribution in [3.8, 4) is 0 Å². The molecule has 0 saturated heterocycles. The van der Waals surface area contributed by atoms with Crippen LogP contribution in [-0.4, -0.2) is 23.3 Å². The van der Waals surface area contributed by atoms with Crippen LogP contribution in [0.15, 0.2) is 16.5 Å². The standard InChI is InChI=1S/C14H22N2O3/c1-10-5-6-12(19-10)11(2)15-13(18)16-14(9-17)7-3-4-8-14/h5-6,11,17H,3-4,7-9H2,1-2H3,(H2,15,16,18). The van der Waals surface area contributed by atoms with E-state index in [2.05, 4.69) is 10.6 Å². The summed E-state index contributed by atoms with van der Waals surface area (Å²) < 4.78 is 5.48. The van der Waals surface area contributed by atoms with Crippen molar-refractivity contribution < 1.29 is 14.3 Å². The molecule has 0 radical (unpaired) electrons. The van der Waals surface area contributed by atoms with Crippen LogP contribution in [0.3, 0.4) is 0 Å². The summed E-state index contributed by atoms with van der Waals surface area (Å²) in [7, 11) is 0. The number of carbonyl (C=O) groups excluding carboxylic acids is 1. The molecule has 19 heavy (non-hydrogen) atoms. The lowest BCUT2D eigenvalue weighted by Crippen LogP contribution is -2.53. The van der Waals surface area contributed by atoms with Gasteiger partial charge in [-0.05, 0) is 38.8 Å². The van der Waals surface area contributed by atoms with Crippen molar-refractivity contribution in [2.75, 3.05) is 6.61 Å². The highest BCUT2D eigenvalue weighted by Crippen LogP contribution is 2.29. The third-order valence-corrected chi connectivity index (χ3v) is 3.78. The van der Waals surface area contributed by atoms with E-state index in [9.17, 15) is 9.90 Å². The molecule has 5 heteroatoms. The molecule has 1 unspecified atom stereocenters. The Morgan fingerprint density at radius 1 is 1.47 bits per heavy atom. The van der Waals surface area contributed by atoms with Crippen molar-refractivity contribution in [3.63, 3.8) is 0 Å². The lowest BCUT2D eigenvalue weighted by molar-refractivity contribution is 0.161. The number of rotatable bonds is 4. The van der Waals surface area contributed by atoms with E-state index in [0.29, 0.717) is 0 Å². The molecule has 0 bridgehead atoms. The summed E-state index contributed by atoms with van der Waals surface area (Å²) >= 11 is 0. The predicted molar refractivity (Wildman–Crippen MR) is 71.8 cm³/mol. The van der Waals surface area contributed by atoms with Crippen molar-refractivity contribution >= 4 is 6.03 Å². The fourth-order valence-corrected chi connectivity index (χ4v) is 2.61. The molecule has 1 aromatic heterocycles. The third kappa shape index (κ3) is 3.29. The average Bonchev–Trinajstić information content (AvgIpc) is 2.99. The Kier molecular flexibility index (Phi) is 4.14. The zero-order chi connectivity index (χ0) is 13.9. The number of aliphatic hydroxyl groups excluding tert-OH is 1. The van der Waals surface area contributed by atoms with E-state index in [1.165, 1.54) is 0 Å². The topological polar surface area (TPSA) is 74.5 Å². The molecule has 1 fully saturated rings. The smallest absolute Gasteiger partial charge is 0.315 e. The predicted octanol–water partition coefficient (Wildman–Crippen LogP) is 2.25. The van der Waals surface area contributed by atoms with E-state index in [4.69, 9.17) is 4.42 Å². The summed E-state index contributed by atoms with van der Waals surface area (Å²) in [5.41, 5.74) is -0.442. The Morgan fingerprint density at radius 3 is 2.68 bits per heavy atom. The van der Waals surface area contributed by atoms with Crippen molar-refractivity contribution in [1.82, 2.24) is 10.6 Å². The molecule has 3 N–H and O–H groups in total. The maximum Gasteiger partial charge on any atom is 0.315 e. The quantitative estimate of drug-likeness (QED) is 0.782. The first-order valence-electron chi connectivity index (χ1n) is 6.80. The highest BCUT2D eigenvalue weighted by molar-refractivity contribution is 5.75. The van der Waals surface area contributed by atoms with Gasteiger partial charge in [0.25, 0.3) is 0 Å². The second-order valence-electron chi connectivity index (χ2n) is 5.41. The van der Waals surface area contributed by atoms with Crippen LogP contribution in [0, 0.1) is 6.92 Å². The van der Waals surface area contributed by atoms with Crippen molar-refractivity contribution in [1.29, 1.82) is 0 Å². The van der Waals surface area contributed by atoms with Crippen LogP contribution in [0.25, 0.3) is 0 Å². The van der Waals surface area contributed by atoms with Crippen molar-refractivity contribution in [3.05, 3.63) is 23.7 Å². The molecule has 106 valence electrons. The number of urea groups is 1. The normalized spacial score (nSPS) is 19.1. The Bertz CT molecular complexity index is 436. The van der Waals surface area contributed by atoms with E-state index in [0.717, 1.165) is 37.2 Å². The minimum atomic E-state index is -0.442. The number of aryl methyl sites for hydroxylation is 1.